The number of aromatic nitrogens is 1. The third-order valence-electron chi connectivity index (χ3n) is 6.37. The van der Waals surface area contributed by atoms with Crippen molar-refractivity contribution in [3.8, 4) is 5.75 Å². The monoisotopic (exact) mass is 453 g/mol. The van der Waals surface area contributed by atoms with Crippen molar-refractivity contribution in [2.24, 2.45) is 0 Å². The predicted octanol–water partition coefficient (Wildman–Crippen LogP) is 5.71. The first-order valence-corrected chi connectivity index (χ1v) is 11.3. The molecule has 0 saturated carbocycles. The van der Waals surface area contributed by atoms with Crippen LogP contribution in [0.3, 0.4) is 0 Å². The van der Waals surface area contributed by atoms with Gasteiger partial charge in [-0.25, -0.2) is 0 Å². The summed E-state index contributed by atoms with van der Waals surface area (Å²) in [5, 5.41) is 5.79. The molecule has 1 fully saturated rings. The first kappa shape index (κ1) is 21.8. The second kappa shape index (κ2) is 8.72. The van der Waals surface area contributed by atoms with Gasteiger partial charge < -0.3 is 14.6 Å². The van der Waals surface area contributed by atoms with Crippen LogP contribution in [0.2, 0.25) is 0 Å². The zero-order valence-corrected chi connectivity index (χ0v) is 18.4. The number of nitrogens with zero attached hydrogens (tertiary/aromatic N) is 2. The summed E-state index contributed by atoms with van der Waals surface area (Å²) in [6, 6.07) is 21.2. The van der Waals surface area contributed by atoms with E-state index in [2.05, 4.69) is 68.9 Å². The maximum absolute atomic E-state index is 12.6. The van der Waals surface area contributed by atoms with Gasteiger partial charge >= 0.3 is 6.36 Å². The van der Waals surface area contributed by atoms with E-state index in [1.807, 2.05) is 0 Å². The van der Waals surface area contributed by atoms with Gasteiger partial charge in [0.25, 0.3) is 0 Å². The van der Waals surface area contributed by atoms with Crippen LogP contribution in [0.15, 0.2) is 66.7 Å². The molecule has 5 rings (SSSR count). The van der Waals surface area contributed by atoms with E-state index in [4.69, 9.17) is 0 Å². The third-order valence-corrected chi connectivity index (χ3v) is 6.37. The fourth-order valence-corrected chi connectivity index (χ4v) is 4.99. The number of ether oxygens (including phenoxy) is 1. The maximum Gasteiger partial charge on any atom is 0.573 e. The topological polar surface area (TPSA) is 29.4 Å². The molecule has 4 aromatic rings. The van der Waals surface area contributed by atoms with Gasteiger partial charge in [-0.1, -0.05) is 36.4 Å². The standard InChI is InChI=1S/C26H26F3N3O/c1-2-32-23-6-4-3-5-21(23)22-17-19(9-12-24(22)32)25(31-15-13-30-14-16-31)18-7-10-20(11-8-18)33-26(27,28)29/h3-12,17,25,30H,2,13-16H2,1H3/t25-/m0/s1. The smallest absolute Gasteiger partial charge is 0.406 e. The molecule has 172 valence electrons. The molecule has 1 saturated heterocycles. The molecule has 0 unspecified atom stereocenters. The molecule has 0 spiro atoms. The molecule has 2 heterocycles. The quantitative estimate of drug-likeness (QED) is 0.420. The first-order valence-electron chi connectivity index (χ1n) is 11.3. The van der Waals surface area contributed by atoms with Crippen LogP contribution in [0.1, 0.15) is 24.1 Å². The Balaban J connectivity index is 1.60. The Morgan fingerprint density at radius 2 is 1.55 bits per heavy atom. The number of rotatable bonds is 5. The summed E-state index contributed by atoms with van der Waals surface area (Å²) in [6.45, 7) is 6.51. The average Bonchev–Trinajstić information content (AvgIpc) is 3.13. The molecule has 1 aromatic heterocycles. The van der Waals surface area contributed by atoms with Crippen LogP contribution in [0.25, 0.3) is 21.8 Å². The number of aryl methyl sites for hydroxylation is 1. The summed E-state index contributed by atoms with van der Waals surface area (Å²) in [7, 11) is 0. The van der Waals surface area contributed by atoms with Crippen molar-refractivity contribution in [3.05, 3.63) is 77.9 Å². The maximum atomic E-state index is 12.6. The van der Waals surface area contributed by atoms with E-state index in [0.29, 0.717) is 0 Å². The highest BCUT2D eigenvalue weighted by Gasteiger charge is 2.31. The van der Waals surface area contributed by atoms with Crippen molar-refractivity contribution in [1.82, 2.24) is 14.8 Å². The van der Waals surface area contributed by atoms with E-state index in [1.165, 1.54) is 33.9 Å². The zero-order valence-electron chi connectivity index (χ0n) is 18.4. The fraction of sp³-hybridized carbons (Fsp3) is 0.308. The summed E-state index contributed by atoms with van der Waals surface area (Å²) in [6.07, 6.45) is -4.70. The van der Waals surface area contributed by atoms with E-state index < -0.39 is 6.36 Å². The van der Waals surface area contributed by atoms with Crippen LogP contribution in [0, 0.1) is 0 Å². The fourth-order valence-electron chi connectivity index (χ4n) is 4.99. The predicted molar refractivity (Wildman–Crippen MR) is 125 cm³/mol. The SMILES string of the molecule is CCn1c2ccccc2c2cc([C@H](c3ccc(OC(F)(F)F)cc3)N3CCNCC3)ccc21. The number of hydrogen-bond donors (Lipinski definition) is 1. The molecule has 0 aliphatic carbocycles. The van der Waals surface area contributed by atoms with Crippen molar-refractivity contribution in [2.45, 2.75) is 25.9 Å². The van der Waals surface area contributed by atoms with Crippen molar-refractivity contribution in [1.29, 1.82) is 0 Å². The van der Waals surface area contributed by atoms with E-state index in [9.17, 15) is 13.2 Å². The Hall–Kier alpha value is -3.03. The molecule has 1 N–H and O–H groups in total. The first-order chi connectivity index (χ1) is 15.9. The number of fused-ring (bicyclic) bond motifs is 3. The van der Waals surface area contributed by atoms with Crippen molar-refractivity contribution >= 4 is 21.8 Å². The lowest BCUT2D eigenvalue weighted by Gasteiger charge is -2.35. The molecular weight excluding hydrogens is 427 g/mol. The lowest BCUT2D eigenvalue weighted by molar-refractivity contribution is -0.274. The van der Waals surface area contributed by atoms with E-state index in [1.54, 1.807) is 12.1 Å². The van der Waals surface area contributed by atoms with Crippen LogP contribution >= 0.6 is 0 Å². The van der Waals surface area contributed by atoms with Crippen molar-refractivity contribution < 1.29 is 17.9 Å². The van der Waals surface area contributed by atoms with Crippen LogP contribution in [-0.2, 0) is 6.54 Å². The van der Waals surface area contributed by atoms with Gasteiger partial charge in [0, 0.05) is 54.5 Å². The molecule has 1 aliphatic heterocycles. The molecule has 7 heteroatoms. The van der Waals surface area contributed by atoms with Gasteiger partial charge in [-0.15, -0.1) is 13.2 Å². The number of hydrogen-bond acceptors (Lipinski definition) is 3. The highest BCUT2D eigenvalue weighted by atomic mass is 19.4. The van der Waals surface area contributed by atoms with Gasteiger partial charge in [-0.3, -0.25) is 4.90 Å². The Morgan fingerprint density at radius 1 is 0.879 bits per heavy atom. The Labute approximate surface area is 190 Å². The van der Waals surface area contributed by atoms with Crippen LogP contribution in [0.4, 0.5) is 13.2 Å². The van der Waals surface area contributed by atoms with Crippen molar-refractivity contribution in [2.75, 3.05) is 26.2 Å². The largest absolute Gasteiger partial charge is 0.573 e. The molecule has 0 bridgehead atoms. The Morgan fingerprint density at radius 3 is 2.24 bits per heavy atom. The number of benzene rings is 3. The van der Waals surface area contributed by atoms with Gasteiger partial charge in [0.15, 0.2) is 0 Å². The second-order valence-corrected chi connectivity index (χ2v) is 8.34. The number of para-hydroxylation sites is 1. The van der Waals surface area contributed by atoms with Crippen LogP contribution in [0.5, 0.6) is 5.75 Å². The van der Waals surface area contributed by atoms with E-state index >= 15 is 0 Å². The summed E-state index contributed by atoms with van der Waals surface area (Å²) >= 11 is 0. The van der Waals surface area contributed by atoms with E-state index in [-0.39, 0.29) is 11.8 Å². The molecule has 1 aliphatic rings. The molecule has 3 aromatic carbocycles. The Bertz CT molecular complexity index is 1260. The minimum Gasteiger partial charge on any atom is -0.406 e. The summed E-state index contributed by atoms with van der Waals surface area (Å²) in [5.41, 5.74) is 4.48. The summed E-state index contributed by atoms with van der Waals surface area (Å²) < 4.78 is 44.3. The van der Waals surface area contributed by atoms with Gasteiger partial charge in [0.2, 0.25) is 0 Å². The van der Waals surface area contributed by atoms with Crippen LogP contribution < -0.4 is 10.1 Å². The lowest BCUT2D eigenvalue weighted by atomic mass is 9.95. The minimum absolute atomic E-state index is 0.0554. The number of halogens is 3. The van der Waals surface area contributed by atoms with Gasteiger partial charge in [0.05, 0.1) is 6.04 Å². The average molecular weight is 454 g/mol. The van der Waals surface area contributed by atoms with Crippen molar-refractivity contribution in [3.63, 3.8) is 0 Å². The summed E-state index contributed by atoms with van der Waals surface area (Å²) in [4.78, 5) is 2.39. The van der Waals surface area contributed by atoms with Gasteiger partial charge in [-0.2, -0.15) is 0 Å². The third kappa shape index (κ3) is 4.30. The highest BCUT2D eigenvalue weighted by Crippen LogP contribution is 2.36. The molecule has 1 atom stereocenters. The zero-order chi connectivity index (χ0) is 23.0. The lowest BCUT2D eigenvalue weighted by Crippen LogP contribution is -2.45. The number of piperazine rings is 1. The summed E-state index contributed by atoms with van der Waals surface area (Å²) in [5.74, 6) is -0.202. The molecule has 0 amide bonds. The normalized spacial score (nSPS) is 16.4. The van der Waals surface area contributed by atoms with Gasteiger partial charge in [-0.05, 0) is 48.4 Å². The molecule has 4 nitrogen and oxygen atoms in total. The second-order valence-electron chi connectivity index (χ2n) is 8.34. The number of nitrogens with one attached hydrogen (secondary N) is 1. The van der Waals surface area contributed by atoms with Gasteiger partial charge in [0.1, 0.15) is 5.75 Å². The molecule has 33 heavy (non-hydrogen) atoms. The molecular formula is C26H26F3N3O. The Kier molecular flexibility index (Phi) is 5.76. The highest BCUT2D eigenvalue weighted by molar-refractivity contribution is 6.08. The number of alkyl halides is 3. The van der Waals surface area contributed by atoms with E-state index in [0.717, 1.165) is 43.9 Å². The minimum atomic E-state index is -4.70. The molecule has 0 radical (unpaired) electrons. The van der Waals surface area contributed by atoms with Crippen LogP contribution in [-0.4, -0.2) is 42.0 Å².